The van der Waals surface area contributed by atoms with Crippen LogP contribution in [0.3, 0.4) is 0 Å². The van der Waals surface area contributed by atoms with Crippen molar-refractivity contribution < 1.29 is 27.8 Å². The van der Waals surface area contributed by atoms with Gasteiger partial charge in [0.25, 0.3) is 0 Å². The quantitative estimate of drug-likeness (QED) is 0.376. The summed E-state index contributed by atoms with van der Waals surface area (Å²) in [6.45, 7) is 6.04. The number of thiophene rings is 1. The summed E-state index contributed by atoms with van der Waals surface area (Å²) in [5.41, 5.74) is 2.02. The van der Waals surface area contributed by atoms with Crippen LogP contribution in [0.2, 0.25) is 0 Å². The Hall–Kier alpha value is -2.80. The Labute approximate surface area is 189 Å². The summed E-state index contributed by atoms with van der Waals surface area (Å²) in [5, 5.41) is 8.89. The van der Waals surface area contributed by atoms with Gasteiger partial charge in [0.15, 0.2) is 0 Å². The van der Waals surface area contributed by atoms with Crippen molar-refractivity contribution in [3.63, 3.8) is 0 Å². The van der Waals surface area contributed by atoms with Crippen LogP contribution in [0.1, 0.15) is 47.9 Å². The molecule has 0 radical (unpaired) electrons. The van der Waals surface area contributed by atoms with Crippen LogP contribution < -0.4 is 4.74 Å². The predicted molar refractivity (Wildman–Crippen MR) is 120 cm³/mol. The van der Waals surface area contributed by atoms with E-state index in [0.717, 1.165) is 38.6 Å². The van der Waals surface area contributed by atoms with E-state index in [0.29, 0.717) is 12.2 Å². The van der Waals surface area contributed by atoms with Crippen molar-refractivity contribution in [3.05, 3.63) is 76.2 Å². The van der Waals surface area contributed by atoms with Gasteiger partial charge < -0.3 is 9.84 Å². The largest absolute Gasteiger partial charge is 0.485 e. The van der Waals surface area contributed by atoms with Crippen LogP contribution in [0, 0.1) is 12.8 Å². The third kappa shape index (κ3) is 5.91. The second-order valence-corrected chi connectivity index (χ2v) is 9.16. The number of benzene rings is 2. The van der Waals surface area contributed by atoms with Crippen molar-refractivity contribution in [2.45, 2.75) is 45.9 Å². The van der Waals surface area contributed by atoms with E-state index in [9.17, 15) is 18.0 Å². The Bertz CT molecular complexity index is 1070. The van der Waals surface area contributed by atoms with E-state index in [1.54, 1.807) is 0 Å². The van der Waals surface area contributed by atoms with Gasteiger partial charge in [-0.2, -0.15) is 13.2 Å². The molecule has 0 aliphatic heterocycles. The minimum Gasteiger partial charge on any atom is -0.485 e. The molecule has 32 heavy (non-hydrogen) atoms. The highest BCUT2D eigenvalue weighted by atomic mass is 32.1. The third-order valence-electron chi connectivity index (χ3n) is 5.19. The predicted octanol–water partition coefficient (Wildman–Crippen LogP) is 7.54. The molecular weight excluding hydrogens is 437 g/mol. The minimum atomic E-state index is -4.35. The monoisotopic (exact) mass is 462 g/mol. The van der Waals surface area contributed by atoms with E-state index in [2.05, 4.69) is 13.8 Å². The number of aliphatic carboxylic acids is 1. The first kappa shape index (κ1) is 23.9. The molecule has 0 saturated carbocycles. The Morgan fingerprint density at radius 3 is 2.31 bits per heavy atom. The average Bonchev–Trinajstić information content (AvgIpc) is 3.20. The maximum atomic E-state index is 12.8. The molecule has 1 N–H and O–H groups in total. The average molecular weight is 463 g/mol. The molecule has 0 saturated heterocycles. The molecule has 0 fully saturated rings. The zero-order valence-corrected chi connectivity index (χ0v) is 18.9. The molecule has 3 rings (SSSR count). The molecule has 2 aromatic carbocycles. The fraction of sp³-hybridized carbons (Fsp3) is 0.320. The smallest absolute Gasteiger partial charge is 0.416 e. The van der Waals surface area contributed by atoms with Crippen molar-refractivity contribution in [2.75, 3.05) is 0 Å². The van der Waals surface area contributed by atoms with Gasteiger partial charge in [0, 0.05) is 16.2 Å². The Morgan fingerprint density at radius 2 is 1.75 bits per heavy atom. The fourth-order valence-corrected chi connectivity index (χ4v) is 4.63. The Balaban J connectivity index is 1.78. The van der Waals surface area contributed by atoms with Gasteiger partial charge in [0.1, 0.15) is 11.9 Å². The lowest BCUT2D eigenvalue weighted by molar-refractivity contribution is -0.138. The zero-order valence-electron chi connectivity index (χ0n) is 18.1. The maximum Gasteiger partial charge on any atom is 0.416 e. The van der Waals surface area contributed by atoms with E-state index in [-0.39, 0.29) is 18.4 Å². The van der Waals surface area contributed by atoms with Gasteiger partial charge in [-0.3, -0.25) is 4.79 Å². The first-order valence-electron chi connectivity index (χ1n) is 10.3. The second-order valence-electron chi connectivity index (χ2n) is 8.04. The number of hydrogen-bond donors (Lipinski definition) is 1. The summed E-state index contributed by atoms with van der Waals surface area (Å²) < 4.78 is 44.7. The minimum absolute atomic E-state index is 0.0809. The van der Waals surface area contributed by atoms with E-state index < -0.39 is 17.7 Å². The van der Waals surface area contributed by atoms with Crippen LogP contribution in [0.25, 0.3) is 10.4 Å². The molecule has 1 heterocycles. The lowest BCUT2D eigenvalue weighted by Crippen LogP contribution is -2.13. The van der Waals surface area contributed by atoms with Crippen molar-refractivity contribution in [2.24, 2.45) is 5.92 Å². The van der Waals surface area contributed by atoms with Gasteiger partial charge in [0.2, 0.25) is 0 Å². The van der Waals surface area contributed by atoms with Crippen LogP contribution >= 0.6 is 11.3 Å². The molecule has 0 aliphatic rings. The second kappa shape index (κ2) is 9.77. The fourth-order valence-electron chi connectivity index (χ4n) is 3.42. The highest BCUT2D eigenvalue weighted by molar-refractivity contribution is 7.15. The van der Waals surface area contributed by atoms with Crippen molar-refractivity contribution in [1.29, 1.82) is 0 Å². The van der Waals surface area contributed by atoms with Gasteiger partial charge in [-0.15, -0.1) is 11.3 Å². The standard InChI is InChI=1S/C25H25F3O3S/c1-15(2)24(31-20-10-6-17(16(3)14-20)7-13-23(29)30)22-12-11-21(32-22)18-4-8-19(9-5-18)25(26,27)28/h4-6,8-12,14-15,24H,7,13H2,1-3H3,(H,29,30). The summed E-state index contributed by atoms with van der Waals surface area (Å²) >= 11 is 1.50. The molecule has 170 valence electrons. The number of carboxylic acid groups (broad SMARTS) is 1. The summed E-state index contributed by atoms with van der Waals surface area (Å²) in [6, 6.07) is 14.7. The van der Waals surface area contributed by atoms with Gasteiger partial charge >= 0.3 is 12.1 Å². The molecule has 1 unspecified atom stereocenters. The van der Waals surface area contributed by atoms with Crippen LogP contribution in [0.5, 0.6) is 5.75 Å². The van der Waals surface area contributed by atoms with Crippen LogP contribution in [-0.4, -0.2) is 11.1 Å². The Morgan fingerprint density at radius 1 is 1.06 bits per heavy atom. The maximum absolute atomic E-state index is 12.8. The molecule has 7 heteroatoms. The van der Waals surface area contributed by atoms with Crippen molar-refractivity contribution >= 4 is 17.3 Å². The molecule has 3 nitrogen and oxygen atoms in total. The molecule has 1 aromatic heterocycles. The number of halogens is 3. The van der Waals surface area contributed by atoms with Gasteiger partial charge in [0.05, 0.1) is 5.56 Å². The summed E-state index contributed by atoms with van der Waals surface area (Å²) in [4.78, 5) is 12.7. The molecule has 0 amide bonds. The number of alkyl halides is 3. The molecule has 0 aliphatic carbocycles. The lowest BCUT2D eigenvalue weighted by atomic mass is 10.0. The van der Waals surface area contributed by atoms with Crippen molar-refractivity contribution in [3.8, 4) is 16.2 Å². The number of ether oxygens (including phenoxy) is 1. The van der Waals surface area contributed by atoms with Crippen molar-refractivity contribution in [1.82, 2.24) is 0 Å². The van der Waals surface area contributed by atoms with Crippen LogP contribution in [0.15, 0.2) is 54.6 Å². The van der Waals surface area contributed by atoms with E-state index >= 15 is 0 Å². The molecule has 1 atom stereocenters. The summed E-state index contributed by atoms with van der Waals surface area (Å²) in [6.07, 6.45) is -4.02. The van der Waals surface area contributed by atoms with Gasteiger partial charge in [-0.05, 0) is 72.4 Å². The third-order valence-corrected chi connectivity index (χ3v) is 6.39. The zero-order chi connectivity index (χ0) is 23.5. The SMILES string of the molecule is Cc1cc(OC(c2ccc(-c3ccc(C(F)(F)F)cc3)s2)C(C)C)ccc1CCC(=O)O. The van der Waals surface area contributed by atoms with Gasteiger partial charge in [-0.25, -0.2) is 0 Å². The highest BCUT2D eigenvalue weighted by Gasteiger charge is 2.30. The normalized spacial score (nSPS) is 12.7. The van der Waals surface area contributed by atoms with Crippen LogP contribution in [-0.2, 0) is 17.4 Å². The molecular formula is C25H25F3O3S. The number of rotatable bonds is 8. The molecule has 3 aromatic rings. The number of hydrogen-bond acceptors (Lipinski definition) is 3. The van der Waals surface area contributed by atoms with E-state index in [1.807, 2.05) is 37.3 Å². The lowest BCUT2D eigenvalue weighted by Gasteiger charge is -2.22. The first-order chi connectivity index (χ1) is 15.0. The topological polar surface area (TPSA) is 46.5 Å². The first-order valence-corrected chi connectivity index (χ1v) is 11.1. The van der Waals surface area contributed by atoms with E-state index in [1.165, 1.54) is 23.5 Å². The highest BCUT2D eigenvalue weighted by Crippen LogP contribution is 2.38. The van der Waals surface area contributed by atoms with E-state index in [4.69, 9.17) is 9.84 Å². The molecule has 0 spiro atoms. The Kier molecular flexibility index (Phi) is 7.29. The summed E-state index contributed by atoms with van der Waals surface area (Å²) in [7, 11) is 0. The molecule has 0 bridgehead atoms. The summed E-state index contributed by atoms with van der Waals surface area (Å²) in [5.74, 6) is 0.0389. The number of carboxylic acids is 1. The number of carbonyl (C=O) groups is 1. The van der Waals surface area contributed by atoms with Crippen LogP contribution in [0.4, 0.5) is 13.2 Å². The van der Waals surface area contributed by atoms with Gasteiger partial charge in [-0.1, -0.05) is 32.0 Å². The number of aryl methyl sites for hydroxylation is 2.